The van der Waals surface area contributed by atoms with E-state index < -0.39 is 5.97 Å². The van der Waals surface area contributed by atoms with Gasteiger partial charge in [0.15, 0.2) is 10.8 Å². The normalized spacial score (nSPS) is 10.7. The summed E-state index contributed by atoms with van der Waals surface area (Å²) < 4.78 is 0. The topological polar surface area (TPSA) is 53.4 Å². The third kappa shape index (κ3) is 3.32. The molecule has 1 aromatic heterocycles. The molecule has 0 saturated carbocycles. The van der Waals surface area contributed by atoms with Crippen LogP contribution in [0.1, 0.15) is 24.3 Å². The zero-order valence-corrected chi connectivity index (χ0v) is 11.7. The van der Waals surface area contributed by atoms with Crippen LogP contribution in [0.4, 0.5) is 10.8 Å². The molecule has 2 rings (SSSR count). The van der Waals surface area contributed by atoms with Crippen LogP contribution in [-0.4, -0.2) is 22.6 Å². The Kier molecular flexibility index (Phi) is 4.16. The summed E-state index contributed by atoms with van der Waals surface area (Å²) in [5.41, 5.74) is 1.13. The Bertz CT molecular complexity index is 552. The first-order chi connectivity index (χ1) is 9.08. The third-order valence-corrected chi connectivity index (χ3v) is 3.42. The van der Waals surface area contributed by atoms with E-state index in [4.69, 9.17) is 5.11 Å². The third-order valence-electron chi connectivity index (χ3n) is 2.56. The summed E-state index contributed by atoms with van der Waals surface area (Å²) in [4.78, 5) is 17.2. The van der Waals surface area contributed by atoms with Gasteiger partial charge in [0.2, 0.25) is 0 Å². The maximum Gasteiger partial charge on any atom is 0.355 e. The van der Waals surface area contributed by atoms with E-state index in [0.29, 0.717) is 5.92 Å². The Morgan fingerprint density at radius 2 is 2.05 bits per heavy atom. The van der Waals surface area contributed by atoms with Gasteiger partial charge >= 0.3 is 5.97 Å². The molecule has 0 aliphatic carbocycles. The summed E-state index contributed by atoms with van der Waals surface area (Å²) in [7, 11) is 0. The first-order valence-electron chi connectivity index (χ1n) is 6.09. The molecule has 0 bridgehead atoms. The number of nitrogens with zero attached hydrogens (tertiary/aromatic N) is 2. The van der Waals surface area contributed by atoms with E-state index in [2.05, 4.69) is 23.7 Å². The number of hydrogen-bond donors (Lipinski definition) is 1. The lowest BCUT2D eigenvalue weighted by atomic mass is 10.2. The number of hydrogen-bond acceptors (Lipinski definition) is 4. The number of carboxylic acid groups (broad SMARTS) is 1. The van der Waals surface area contributed by atoms with Crippen LogP contribution in [0.5, 0.6) is 0 Å². The second-order valence-corrected chi connectivity index (χ2v) is 5.50. The van der Waals surface area contributed by atoms with Gasteiger partial charge in [-0.3, -0.25) is 0 Å². The fourth-order valence-electron chi connectivity index (χ4n) is 1.75. The van der Waals surface area contributed by atoms with Crippen molar-refractivity contribution in [2.45, 2.75) is 13.8 Å². The first-order valence-corrected chi connectivity index (χ1v) is 6.97. The van der Waals surface area contributed by atoms with Gasteiger partial charge in [-0.15, -0.1) is 11.3 Å². The van der Waals surface area contributed by atoms with Gasteiger partial charge < -0.3 is 10.0 Å². The van der Waals surface area contributed by atoms with Crippen molar-refractivity contribution in [3.05, 3.63) is 41.4 Å². The quantitative estimate of drug-likeness (QED) is 0.906. The lowest BCUT2D eigenvalue weighted by Crippen LogP contribution is -2.22. The number of para-hydroxylation sites is 1. The van der Waals surface area contributed by atoms with Crippen molar-refractivity contribution in [3.63, 3.8) is 0 Å². The molecule has 0 unspecified atom stereocenters. The number of carboxylic acids is 1. The molecule has 2 aromatic rings. The second kappa shape index (κ2) is 5.84. The fourth-order valence-corrected chi connectivity index (χ4v) is 2.58. The molecular formula is C14H16N2O2S. The summed E-state index contributed by atoms with van der Waals surface area (Å²) >= 11 is 1.36. The molecule has 0 atom stereocenters. The molecule has 0 aliphatic rings. The number of carbonyl (C=O) groups is 1. The lowest BCUT2D eigenvalue weighted by Gasteiger charge is -2.23. The van der Waals surface area contributed by atoms with Crippen LogP contribution >= 0.6 is 11.3 Å². The van der Waals surface area contributed by atoms with E-state index in [-0.39, 0.29) is 5.69 Å². The molecule has 1 N–H and O–H groups in total. The van der Waals surface area contributed by atoms with Crippen LogP contribution in [0, 0.1) is 5.92 Å². The van der Waals surface area contributed by atoms with Gasteiger partial charge in [-0.2, -0.15) is 0 Å². The van der Waals surface area contributed by atoms with Crippen molar-refractivity contribution in [2.75, 3.05) is 11.4 Å². The molecule has 4 nitrogen and oxygen atoms in total. The molecule has 1 heterocycles. The molecule has 100 valence electrons. The van der Waals surface area contributed by atoms with Crippen LogP contribution in [0.3, 0.4) is 0 Å². The van der Waals surface area contributed by atoms with E-state index >= 15 is 0 Å². The van der Waals surface area contributed by atoms with Crippen LogP contribution < -0.4 is 4.90 Å². The van der Waals surface area contributed by atoms with Crippen LogP contribution in [-0.2, 0) is 0 Å². The average Bonchev–Trinajstić information content (AvgIpc) is 2.86. The highest BCUT2D eigenvalue weighted by molar-refractivity contribution is 7.14. The Morgan fingerprint density at radius 3 is 2.58 bits per heavy atom. The summed E-state index contributed by atoms with van der Waals surface area (Å²) in [6, 6.07) is 9.90. The van der Waals surface area contributed by atoms with Crippen LogP contribution in [0.15, 0.2) is 35.7 Å². The lowest BCUT2D eigenvalue weighted by molar-refractivity contribution is 0.0691. The summed E-state index contributed by atoms with van der Waals surface area (Å²) in [5, 5.41) is 11.3. The van der Waals surface area contributed by atoms with Gasteiger partial charge in [-0.25, -0.2) is 9.78 Å². The minimum absolute atomic E-state index is 0.102. The van der Waals surface area contributed by atoms with Gasteiger partial charge in [-0.1, -0.05) is 32.0 Å². The van der Waals surface area contributed by atoms with Gasteiger partial charge in [-0.05, 0) is 18.1 Å². The SMILES string of the molecule is CC(C)CN(c1ccccc1)c1nc(C(=O)O)cs1. The van der Waals surface area contributed by atoms with Crippen molar-refractivity contribution in [1.82, 2.24) is 4.98 Å². The predicted octanol–water partition coefficient (Wildman–Crippen LogP) is 3.64. The molecule has 0 amide bonds. The molecule has 0 saturated heterocycles. The molecular weight excluding hydrogens is 260 g/mol. The van der Waals surface area contributed by atoms with E-state index in [0.717, 1.165) is 17.4 Å². The minimum Gasteiger partial charge on any atom is -0.476 e. The molecule has 0 radical (unpaired) electrons. The smallest absolute Gasteiger partial charge is 0.355 e. The maximum atomic E-state index is 10.9. The maximum absolute atomic E-state index is 10.9. The molecule has 0 fully saturated rings. The van der Waals surface area contributed by atoms with Crippen molar-refractivity contribution in [1.29, 1.82) is 0 Å². The number of anilines is 2. The van der Waals surface area contributed by atoms with E-state index in [1.165, 1.54) is 11.3 Å². The Labute approximate surface area is 116 Å². The zero-order chi connectivity index (χ0) is 13.8. The summed E-state index contributed by atoms with van der Waals surface area (Å²) in [6.07, 6.45) is 0. The van der Waals surface area contributed by atoms with Gasteiger partial charge in [0.05, 0.1) is 0 Å². The van der Waals surface area contributed by atoms with E-state index in [9.17, 15) is 4.79 Å². The number of aromatic nitrogens is 1. The Balaban J connectivity index is 2.34. The summed E-state index contributed by atoms with van der Waals surface area (Å²) in [6.45, 7) is 5.06. The Hall–Kier alpha value is -1.88. The van der Waals surface area contributed by atoms with Crippen LogP contribution in [0.2, 0.25) is 0 Å². The van der Waals surface area contributed by atoms with Crippen molar-refractivity contribution in [3.8, 4) is 0 Å². The Morgan fingerprint density at radius 1 is 1.37 bits per heavy atom. The van der Waals surface area contributed by atoms with Crippen molar-refractivity contribution in [2.24, 2.45) is 5.92 Å². The largest absolute Gasteiger partial charge is 0.476 e. The molecule has 0 spiro atoms. The zero-order valence-electron chi connectivity index (χ0n) is 10.9. The van der Waals surface area contributed by atoms with Gasteiger partial charge in [0.1, 0.15) is 0 Å². The summed E-state index contributed by atoms with van der Waals surface area (Å²) in [5.74, 6) is -0.530. The minimum atomic E-state index is -0.986. The highest BCUT2D eigenvalue weighted by Crippen LogP contribution is 2.29. The average molecular weight is 276 g/mol. The molecule has 5 heteroatoms. The highest BCUT2D eigenvalue weighted by Gasteiger charge is 2.16. The van der Waals surface area contributed by atoms with E-state index in [1.54, 1.807) is 5.38 Å². The number of aromatic carboxylic acids is 1. The number of rotatable bonds is 5. The number of benzene rings is 1. The standard InChI is InChI=1S/C14H16N2O2S/c1-10(2)8-16(11-6-4-3-5-7-11)14-15-12(9-19-14)13(17)18/h3-7,9-10H,8H2,1-2H3,(H,17,18). The number of thiazole rings is 1. The molecule has 1 aromatic carbocycles. The molecule has 19 heavy (non-hydrogen) atoms. The monoisotopic (exact) mass is 276 g/mol. The van der Waals surface area contributed by atoms with Gasteiger partial charge in [0, 0.05) is 17.6 Å². The van der Waals surface area contributed by atoms with Gasteiger partial charge in [0.25, 0.3) is 0 Å². The molecule has 0 aliphatic heterocycles. The van der Waals surface area contributed by atoms with Crippen LogP contribution in [0.25, 0.3) is 0 Å². The fraction of sp³-hybridized carbons (Fsp3) is 0.286. The van der Waals surface area contributed by atoms with Crippen molar-refractivity contribution < 1.29 is 9.90 Å². The highest BCUT2D eigenvalue weighted by atomic mass is 32.1. The van der Waals surface area contributed by atoms with E-state index in [1.807, 2.05) is 30.3 Å². The predicted molar refractivity (Wildman–Crippen MR) is 77.4 cm³/mol. The van der Waals surface area contributed by atoms with Crippen molar-refractivity contribution >= 4 is 28.1 Å². The first kappa shape index (κ1) is 13.5. The second-order valence-electron chi connectivity index (χ2n) is 4.66.